The van der Waals surface area contributed by atoms with Crippen LogP contribution in [0.3, 0.4) is 0 Å². The number of carbonyl (C=O) groups excluding carboxylic acids is 1. The van der Waals surface area contributed by atoms with E-state index in [1.807, 2.05) is 0 Å². The summed E-state index contributed by atoms with van der Waals surface area (Å²) < 4.78 is 6.26. The predicted molar refractivity (Wildman–Crippen MR) is 112 cm³/mol. The molecule has 0 bridgehead atoms. The van der Waals surface area contributed by atoms with Gasteiger partial charge in [-0.2, -0.15) is 0 Å². The highest BCUT2D eigenvalue weighted by Gasteiger charge is 2.18. The topological polar surface area (TPSA) is 26.3 Å². The van der Waals surface area contributed by atoms with E-state index in [0.717, 1.165) is 25.9 Å². The van der Waals surface area contributed by atoms with Crippen LogP contribution in [0.4, 0.5) is 0 Å². The molecule has 1 rings (SSSR count). The fourth-order valence-electron chi connectivity index (χ4n) is 4.02. The van der Waals surface area contributed by atoms with Gasteiger partial charge in [-0.1, -0.05) is 65.2 Å². The van der Waals surface area contributed by atoms with Crippen molar-refractivity contribution >= 4 is 6.29 Å². The van der Waals surface area contributed by atoms with Crippen molar-refractivity contribution in [3.8, 4) is 0 Å². The third kappa shape index (κ3) is 12.1. The maximum Gasteiger partial charge on any atom is 0.201 e. The molecule has 2 heteroatoms. The van der Waals surface area contributed by atoms with Crippen molar-refractivity contribution < 1.29 is 9.53 Å². The van der Waals surface area contributed by atoms with Crippen molar-refractivity contribution in [3.63, 3.8) is 0 Å². The maximum atomic E-state index is 11.3. The van der Waals surface area contributed by atoms with Gasteiger partial charge in [0.25, 0.3) is 0 Å². The largest absolute Gasteiger partial charge is 0.378 e. The lowest BCUT2D eigenvalue weighted by atomic mass is 9.90. The van der Waals surface area contributed by atoms with Crippen LogP contribution in [0.1, 0.15) is 117 Å². The molecule has 1 aliphatic carbocycles. The van der Waals surface area contributed by atoms with Crippen LogP contribution in [0, 0.1) is 18.3 Å². The first-order chi connectivity index (χ1) is 12.8. The van der Waals surface area contributed by atoms with Crippen molar-refractivity contribution in [2.24, 2.45) is 11.8 Å². The van der Waals surface area contributed by atoms with Gasteiger partial charge < -0.3 is 4.74 Å². The summed E-state index contributed by atoms with van der Waals surface area (Å²) in [5.74, 6) is 0.776. The minimum Gasteiger partial charge on any atom is -0.378 e. The van der Waals surface area contributed by atoms with Crippen LogP contribution in [0.2, 0.25) is 0 Å². The predicted octanol–water partition coefficient (Wildman–Crippen LogP) is 7.21. The zero-order valence-corrected chi connectivity index (χ0v) is 17.6. The van der Waals surface area contributed by atoms with Crippen molar-refractivity contribution in [1.29, 1.82) is 0 Å². The second kappa shape index (κ2) is 16.8. The van der Waals surface area contributed by atoms with Gasteiger partial charge >= 0.3 is 0 Å². The molecule has 0 aromatic heterocycles. The normalized spacial score (nSPS) is 17.9. The Kier molecular flexibility index (Phi) is 15.3. The molecule has 0 aliphatic heterocycles. The molecule has 2 unspecified atom stereocenters. The molecule has 0 saturated heterocycles. The molecular weight excluding hydrogens is 320 g/mol. The summed E-state index contributed by atoms with van der Waals surface area (Å²) in [6, 6.07) is 0. The van der Waals surface area contributed by atoms with E-state index in [0.29, 0.717) is 12.0 Å². The Labute approximate surface area is 163 Å². The van der Waals surface area contributed by atoms with Gasteiger partial charge in [-0.3, -0.25) is 4.79 Å². The average molecular weight is 365 g/mol. The lowest BCUT2D eigenvalue weighted by molar-refractivity contribution is 0.00871. The van der Waals surface area contributed by atoms with E-state index in [1.54, 1.807) is 0 Å². The average Bonchev–Trinajstić information content (AvgIpc) is 2.68. The summed E-state index contributed by atoms with van der Waals surface area (Å²) in [5.41, 5.74) is 0. The third-order valence-electron chi connectivity index (χ3n) is 5.92. The lowest BCUT2D eigenvalue weighted by Crippen LogP contribution is -2.21. The Bertz CT molecular complexity index is 309. The third-order valence-corrected chi connectivity index (χ3v) is 5.92. The monoisotopic (exact) mass is 364 g/mol. The van der Waals surface area contributed by atoms with Crippen LogP contribution in [-0.4, -0.2) is 19.0 Å². The van der Waals surface area contributed by atoms with Crippen LogP contribution < -0.4 is 0 Å². The summed E-state index contributed by atoms with van der Waals surface area (Å²) in [5, 5.41) is 0. The Balaban J connectivity index is 2.31. The van der Waals surface area contributed by atoms with Gasteiger partial charge in [-0.25, -0.2) is 0 Å². The Hall–Kier alpha value is -0.370. The highest BCUT2D eigenvalue weighted by Crippen LogP contribution is 2.25. The fraction of sp³-hybridized carbons (Fsp3) is 0.917. The van der Waals surface area contributed by atoms with Crippen molar-refractivity contribution in [1.82, 2.24) is 0 Å². The zero-order valence-electron chi connectivity index (χ0n) is 17.6. The summed E-state index contributed by atoms with van der Waals surface area (Å²) in [6.07, 6.45) is 24.7. The molecule has 2 nitrogen and oxygen atoms in total. The van der Waals surface area contributed by atoms with E-state index >= 15 is 0 Å². The van der Waals surface area contributed by atoms with Crippen LogP contribution >= 0.6 is 0 Å². The molecule has 26 heavy (non-hydrogen) atoms. The van der Waals surface area contributed by atoms with Crippen molar-refractivity contribution in [2.45, 2.75) is 123 Å². The minimum absolute atomic E-state index is 0.147. The Morgan fingerprint density at radius 1 is 0.885 bits per heavy atom. The molecular formula is C24H44O2. The molecule has 1 fully saturated rings. The van der Waals surface area contributed by atoms with Gasteiger partial charge in [-0.05, 0) is 63.7 Å². The van der Waals surface area contributed by atoms with E-state index in [1.165, 1.54) is 83.5 Å². The van der Waals surface area contributed by atoms with Crippen molar-refractivity contribution in [2.75, 3.05) is 6.61 Å². The van der Waals surface area contributed by atoms with Crippen LogP contribution in [-0.2, 0) is 9.53 Å². The zero-order chi connectivity index (χ0) is 18.9. The lowest BCUT2D eigenvalue weighted by Gasteiger charge is -2.25. The van der Waals surface area contributed by atoms with E-state index in [4.69, 9.17) is 4.74 Å². The minimum atomic E-state index is 0.147. The molecule has 152 valence electrons. The highest BCUT2D eigenvalue weighted by molar-refractivity contribution is 5.54. The highest BCUT2D eigenvalue weighted by atomic mass is 16.5. The smallest absolute Gasteiger partial charge is 0.201 e. The molecule has 0 aromatic carbocycles. The fourth-order valence-corrected chi connectivity index (χ4v) is 4.02. The van der Waals surface area contributed by atoms with Gasteiger partial charge in [-0.15, -0.1) is 0 Å². The molecule has 0 spiro atoms. The molecule has 0 heterocycles. The van der Waals surface area contributed by atoms with Gasteiger partial charge in [0.2, 0.25) is 6.29 Å². The van der Waals surface area contributed by atoms with Gasteiger partial charge in [0.05, 0.1) is 6.10 Å². The Morgan fingerprint density at radius 3 is 2.15 bits per heavy atom. The number of unbranched alkanes of at least 4 members (excludes halogenated alkanes) is 6. The first kappa shape index (κ1) is 23.7. The molecule has 0 aromatic rings. The van der Waals surface area contributed by atoms with Crippen LogP contribution in [0.15, 0.2) is 0 Å². The molecule has 2 atom stereocenters. The standard InChI is InChI=1S/C24H44O2/c1-3-5-7-10-14-22(20-25)18-19-23(15-11-8-6-4-2)21-26-24-16-12-9-13-17-24/h9,22-24H,3-8,10-19,21H2,1-2H3. The number of hydrogen-bond donors (Lipinski definition) is 0. The van der Waals surface area contributed by atoms with E-state index in [9.17, 15) is 4.79 Å². The van der Waals surface area contributed by atoms with E-state index in [-0.39, 0.29) is 5.92 Å². The van der Waals surface area contributed by atoms with Gasteiger partial charge in [0, 0.05) is 12.5 Å². The van der Waals surface area contributed by atoms with Crippen molar-refractivity contribution in [3.05, 3.63) is 6.42 Å². The second-order valence-corrected chi connectivity index (χ2v) is 8.36. The Morgan fingerprint density at radius 2 is 1.54 bits per heavy atom. The summed E-state index contributed by atoms with van der Waals surface area (Å²) in [7, 11) is 0. The molecule has 0 amide bonds. The number of ether oxygens (including phenoxy) is 1. The van der Waals surface area contributed by atoms with Gasteiger partial charge in [0.15, 0.2) is 0 Å². The summed E-state index contributed by atoms with van der Waals surface area (Å²) >= 11 is 0. The number of rotatable bonds is 17. The summed E-state index contributed by atoms with van der Waals surface area (Å²) in [6.45, 7) is 5.40. The maximum absolute atomic E-state index is 11.3. The van der Waals surface area contributed by atoms with Gasteiger partial charge in [0.1, 0.15) is 0 Å². The first-order valence-electron chi connectivity index (χ1n) is 11.6. The summed E-state index contributed by atoms with van der Waals surface area (Å²) in [4.78, 5) is 11.3. The SMILES string of the molecule is CCCCCCC([C]=O)CCC(CCCCCC)COC1CC[CH]CC1. The van der Waals surface area contributed by atoms with Crippen LogP contribution in [0.5, 0.6) is 0 Å². The second-order valence-electron chi connectivity index (χ2n) is 8.36. The first-order valence-corrected chi connectivity index (χ1v) is 11.6. The molecule has 0 N–H and O–H groups in total. The van der Waals surface area contributed by atoms with E-state index < -0.39 is 0 Å². The molecule has 2 radical (unpaired) electrons. The van der Waals surface area contributed by atoms with E-state index in [2.05, 4.69) is 26.6 Å². The molecule has 1 saturated carbocycles. The van der Waals surface area contributed by atoms with Crippen LogP contribution in [0.25, 0.3) is 0 Å². The number of hydrogen-bond acceptors (Lipinski definition) is 2. The molecule has 1 aliphatic rings. The quantitative estimate of drug-likeness (QED) is 0.255.